The van der Waals surface area contributed by atoms with Crippen molar-refractivity contribution in [1.82, 2.24) is 15.0 Å². The van der Waals surface area contributed by atoms with Crippen molar-refractivity contribution in [2.45, 2.75) is 46.5 Å². The fourth-order valence-corrected chi connectivity index (χ4v) is 4.58. The van der Waals surface area contributed by atoms with Gasteiger partial charge in [-0.1, -0.05) is 58.0 Å². The molecule has 1 saturated heterocycles. The summed E-state index contributed by atoms with van der Waals surface area (Å²) in [6, 6.07) is 15.2. The lowest BCUT2D eigenvalue weighted by Crippen LogP contribution is -2.46. The van der Waals surface area contributed by atoms with Crippen LogP contribution in [-0.2, 0) is 11.8 Å². The molecule has 0 radical (unpaired) electrons. The Morgan fingerprint density at radius 2 is 1.64 bits per heavy atom. The van der Waals surface area contributed by atoms with Crippen LogP contribution < -0.4 is 9.80 Å². The summed E-state index contributed by atoms with van der Waals surface area (Å²) in [5.74, 6) is 2.65. The second-order valence-corrected chi connectivity index (χ2v) is 9.91. The number of hydrogen-bond donors (Lipinski definition) is 1. The number of benzene rings is 2. The molecule has 1 fully saturated rings. The molecule has 0 bridgehead atoms. The van der Waals surface area contributed by atoms with Gasteiger partial charge in [0.25, 0.3) is 0 Å². The molecule has 0 aliphatic carbocycles. The van der Waals surface area contributed by atoms with Gasteiger partial charge in [-0.2, -0.15) is 0 Å². The van der Waals surface area contributed by atoms with Gasteiger partial charge in [0, 0.05) is 38.2 Å². The van der Waals surface area contributed by atoms with Crippen molar-refractivity contribution in [3.63, 3.8) is 0 Å². The average molecular weight is 444 g/mol. The first-order valence-corrected chi connectivity index (χ1v) is 11.9. The zero-order valence-electron chi connectivity index (χ0n) is 20.3. The Kier molecular flexibility index (Phi) is 5.39. The second-order valence-electron chi connectivity index (χ2n) is 9.91. The van der Waals surface area contributed by atoms with Gasteiger partial charge < -0.3 is 19.2 Å². The van der Waals surface area contributed by atoms with Crippen LogP contribution in [0.1, 0.15) is 44.8 Å². The van der Waals surface area contributed by atoms with Crippen molar-refractivity contribution >= 4 is 22.6 Å². The zero-order chi connectivity index (χ0) is 23.2. The Hall–Kier alpha value is -3.28. The lowest BCUT2D eigenvalue weighted by Gasteiger charge is -2.36. The van der Waals surface area contributed by atoms with Crippen LogP contribution in [0.2, 0.25) is 0 Å². The van der Waals surface area contributed by atoms with Crippen molar-refractivity contribution in [2.75, 3.05) is 36.0 Å². The minimum absolute atomic E-state index is 0.143. The lowest BCUT2D eigenvalue weighted by molar-refractivity contribution is 0.481. The van der Waals surface area contributed by atoms with Gasteiger partial charge in [-0.05, 0) is 30.0 Å². The number of H-pyrrole nitrogens is 1. The quantitative estimate of drug-likeness (QED) is 0.438. The molecule has 2 aromatic heterocycles. The number of aromatic nitrogens is 3. The maximum absolute atomic E-state index is 5.97. The van der Waals surface area contributed by atoms with E-state index in [1.54, 1.807) is 0 Å². The molecule has 0 amide bonds. The number of nitrogens with zero attached hydrogens (tertiary/aromatic N) is 4. The first kappa shape index (κ1) is 21.6. The van der Waals surface area contributed by atoms with Gasteiger partial charge in [0.15, 0.2) is 5.89 Å². The van der Waals surface area contributed by atoms with Crippen molar-refractivity contribution in [3.8, 4) is 11.4 Å². The molecule has 172 valence electrons. The van der Waals surface area contributed by atoms with Gasteiger partial charge in [0.2, 0.25) is 5.88 Å². The third-order valence-electron chi connectivity index (χ3n) is 6.54. The Morgan fingerprint density at radius 3 is 2.27 bits per heavy atom. The summed E-state index contributed by atoms with van der Waals surface area (Å²) in [5, 5.41) is 0. The predicted octanol–water partition coefficient (Wildman–Crippen LogP) is 5.71. The number of nitrogens with one attached hydrogen (secondary N) is 1. The molecule has 6 nitrogen and oxygen atoms in total. The molecule has 5 rings (SSSR count). The topological polar surface area (TPSA) is 61.2 Å². The molecule has 2 aromatic carbocycles. The molecule has 0 saturated carbocycles. The molecule has 33 heavy (non-hydrogen) atoms. The lowest BCUT2D eigenvalue weighted by atomic mass is 9.87. The smallest absolute Gasteiger partial charge is 0.219 e. The number of para-hydroxylation sites is 1. The van der Waals surface area contributed by atoms with Crippen LogP contribution in [0.15, 0.2) is 46.9 Å². The van der Waals surface area contributed by atoms with E-state index in [1.807, 2.05) is 6.92 Å². The zero-order valence-corrected chi connectivity index (χ0v) is 20.3. The molecule has 6 heteroatoms. The molecule has 1 aliphatic rings. The average Bonchev–Trinajstić information content (AvgIpc) is 3.42. The first-order chi connectivity index (χ1) is 15.8. The molecule has 1 aliphatic heterocycles. The molecule has 0 unspecified atom stereocenters. The Morgan fingerprint density at radius 1 is 0.939 bits per heavy atom. The van der Waals surface area contributed by atoms with Crippen LogP contribution >= 0.6 is 0 Å². The Bertz CT molecular complexity index is 1250. The summed E-state index contributed by atoms with van der Waals surface area (Å²) in [4.78, 5) is 17.8. The van der Waals surface area contributed by atoms with E-state index < -0.39 is 0 Å². The molecule has 1 N–H and O–H groups in total. The number of aromatic amines is 1. The van der Waals surface area contributed by atoms with Crippen LogP contribution in [0.3, 0.4) is 0 Å². The summed E-state index contributed by atoms with van der Waals surface area (Å²) in [7, 11) is 0. The van der Waals surface area contributed by atoms with E-state index in [2.05, 4.69) is 89.9 Å². The maximum Gasteiger partial charge on any atom is 0.219 e. The highest BCUT2D eigenvalue weighted by molar-refractivity contribution is 5.91. The number of piperazine rings is 1. The minimum Gasteiger partial charge on any atom is -0.425 e. The van der Waals surface area contributed by atoms with Crippen LogP contribution in [0, 0.1) is 6.92 Å². The molecular formula is C27H33N5O. The summed E-state index contributed by atoms with van der Waals surface area (Å²) < 4.78 is 5.97. The SMILES string of the molecule is CCc1nc(C)c(N2CCN(c3cccc4[nH]c(-c5ccc(C(C)(C)C)cc5)nc34)CC2)o1. The highest BCUT2D eigenvalue weighted by Gasteiger charge is 2.24. The van der Waals surface area contributed by atoms with Crippen molar-refractivity contribution in [1.29, 1.82) is 0 Å². The standard InChI is InChI=1S/C27H33N5O/c1-6-23-28-18(2)26(33-23)32-16-14-31(15-17-32)22-9-7-8-21-24(22)30-25(29-21)19-10-12-20(13-11-19)27(3,4)5/h7-13H,6,14-17H2,1-5H3,(H,29,30). The maximum atomic E-state index is 5.97. The summed E-state index contributed by atoms with van der Waals surface area (Å²) in [5.41, 5.74) is 6.86. The highest BCUT2D eigenvalue weighted by Crippen LogP contribution is 2.31. The molecule has 0 atom stereocenters. The molecule has 0 spiro atoms. The number of aryl methyl sites for hydroxylation is 2. The van der Waals surface area contributed by atoms with Gasteiger partial charge in [0.1, 0.15) is 17.0 Å². The summed E-state index contributed by atoms with van der Waals surface area (Å²) >= 11 is 0. The van der Waals surface area contributed by atoms with Crippen LogP contribution in [0.25, 0.3) is 22.4 Å². The number of rotatable bonds is 4. The van der Waals surface area contributed by atoms with E-state index in [1.165, 1.54) is 11.3 Å². The normalized spacial score (nSPS) is 14.9. The fraction of sp³-hybridized carbons (Fsp3) is 0.407. The Labute approximate surface area is 195 Å². The monoisotopic (exact) mass is 443 g/mol. The van der Waals surface area contributed by atoms with E-state index >= 15 is 0 Å². The predicted molar refractivity (Wildman–Crippen MR) is 135 cm³/mol. The van der Waals surface area contributed by atoms with Gasteiger partial charge in [-0.15, -0.1) is 0 Å². The number of oxazole rings is 1. The number of fused-ring (bicyclic) bond motifs is 1. The molecule has 4 aromatic rings. The third kappa shape index (κ3) is 4.10. The van der Waals surface area contributed by atoms with Crippen molar-refractivity contribution in [2.24, 2.45) is 0 Å². The highest BCUT2D eigenvalue weighted by atomic mass is 16.4. The van der Waals surface area contributed by atoms with Gasteiger partial charge >= 0.3 is 0 Å². The van der Waals surface area contributed by atoms with E-state index in [0.717, 1.165) is 72.5 Å². The van der Waals surface area contributed by atoms with E-state index in [-0.39, 0.29) is 5.41 Å². The van der Waals surface area contributed by atoms with E-state index in [4.69, 9.17) is 9.40 Å². The van der Waals surface area contributed by atoms with Crippen LogP contribution in [0.4, 0.5) is 11.6 Å². The summed E-state index contributed by atoms with van der Waals surface area (Å²) in [6.07, 6.45) is 0.823. The van der Waals surface area contributed by atoms with Crippen LogP contribution in [-0.4, -0.2) is 41.1 Å². The van der Waals surface area contributed by atoms with Crippen molar-refractivity contribution < 1.29 is 4.42 Å². The molecule has 3 heterocycles. The van der Waals surface area contributed by atoms with Gasteiger partial charge in [-0.3, -0.25) is 0 Å². The van der Waals surface area contributed by atoms with Gasteiger partial charge in [-0.25, -0.2) is 9.97 Å². The first-order valence-electron chi connectivity index (χ1n) is 11.9. The largest absolute Gasteiger partial charge is 0.425 e. The van der Waals surface area contributed by atoms with E-state index in [0.29, 0.717) is 0 Å². The third-order valence-corrected chi connectivity index (χ3v) is 6.54. The Balaban J connectivity index is 1.37. The number of hydrogen-bond acceptors (Lipinski definition) is 5. The van der Waals surface area contributed by atoms with Crippen LogP contribution in [0.5, 0.6) is 0 Å². The van der Waals surface area contributed by atoms with E-state index in [9.17, 15) is 0 Å². The molecular weight excluding hydrogens is 410 g/mol. The van der Waals surface area contributed by atoms with Gasteiger partial charge in [0.05, 0.1) is 11.2 Å². The fourth-order valence-electron chi connectivity index (χ4n) is 4.58. The number of imidazole rings is 1. The van der Waals surface area contributed by atoms with Crippen molar-refractivity contribution in [3.05, 3.63) is 59.6 Å². The second kappa shape index (κ2) is 8.25. The summed E-state index contributed by atoms with van der Waals surface area (Å²) in [6.45, 7) is 14.5. The minimum atomic E-state index is 0.143. The number of anilines is 2.